The van der Waals surface area contributed by atoms with Crippen LogP contribution in [0.15, 0.2) is 84.6 Å². The largest absolute Gasteiger partial charge is 0.504 e. The number of nitrogens with zero attached hydrogens (tertiary/aromatic N) is 1. The maximum Gasteiger partial charge on any atom is 0.161 e. The third-order valence-corrected chi connectivity index (χ3v) is 5.57. The predicted molar refractivity (Wildman–Crippen MR) is 128 cm³/mol. The first-order valence-electron chi connectivity index (χ1n) is 10.5. The van der Waals surface area contributed by atoms with Crippen molar-refractivity contribution in [2.75, 3.05) is 19.1 Å². The molecular weight excluding hydrogens is 418 g/mol. The van der Waals surface area contributed by atoms with Crippen molar-refractivity contribution in [3.8, 4) is 23.0 Å². The number of carbonyl (C=O) groups is 1. The molecular formula is C27H25NO5. The van der Waals surface area contributed by atoms with Gasteiger partial charge in [-0.3, -0.25) is 4.79 Å². The van der Waals surface area contributed by atoms with E-state index in [0.29, 0.717) is 11.5 Å². The third kappa shape index (κ3) is 4.70. The number of allylic oxidation sites excluding steroid dienone is 2. The fourth-order valence-electron chi connectivity index (χ4n) is 3.95. The molecule has 1 aliphatic heterocycles. The number of ether oxygens (including phenoxy) is 2. The number of phenols is 2. The van der Waals surface area contributed by atoms with Crippen molar-refractivity contribution in [1.29, 1.82) is 0 Å². The molecule has 0 amide bonds. The van der Waals surface area contributed by atoms with Crippen molar-refractivity contribution in [2.24, 2.45) is 0 Å². The molecule has 1 atom stereocenters. The summed E-state index contributed by atoms with van der Waals surface area (Å²) in [4.78, 5) is 14.8. The van der Waals surface area contributed by atoms with Gasteiger partial charge in [-0.25, -0.2) is 0 Å². The standard InChI is InChI=1S/C27H25NO5/c1-32-26-14-18(9-12-24(26)30)8-11-21-16-22(29)17-23(28(21)20-6-4-3-5-7-20)19-10-13-25(31)27(15-19)33-2/h3-16,23,30-31H,17H2,1-2H3/b11-8+. The van der Waals surface area contributed by atoms with Crippen LogP contribution in [0.3, 0.4) is 0 Å². The van der Waals surface area contributed by atoms with Gasteiger partial charge >= 0.3 is 0 Å². The van der Waals surface area contributed by atoms with Gasteiger partial charge in [-0.2, -0.15) is 0 Å². The van der Waals surface area contributed by atoms with Gasteiger partial charge in [0.1, 0.15) is 0 Å². The fraction of sp³-hybridized carbons (Fsp3) is 0.148. The quantitative estimate of drug-likeness (QED) is 0.543. The minimum Gasteiger partial charge on any atom is -0.504 e. The number of hydrogen-bond donors (Lipinski definition) is 2. The Morgan fingerprint density at radius 3 is 2.24 bits per heavy atom. The first-order chi connectivity index (χ1) is 16.0. The summed E-state index contributed by atoms with van der Waals surface area (Å²) in [5, 5.41) is 19.9. The molecule has 0 saturated carbocycles. The minimum absolute atomic E-state index is 0.00200. The molecule has 2 N–H and O–H groups in total. The minimum atomic E-state index is -0.284. The molecule has 0 radical (unpaired) electrons. The summed E-state index contributed by atoms with van der Waals surface area (Å²) in [6.45, 7) is 0. The Bertz CT molecular complexity index is 1220. The molecule has 6 heteroatoms. The highest BCUT2D eigenvalue weighted by Gasteiger charge is 2.30. The van der Waals surface area contributed by atoms with Gasteiger partial charge in [-0.05, 0) is 53.6 Å². The lowest BCUT2D eigenvalue weighted by molar-refractivity contribution is -0.115. The maximum atomic E-state index is 12.7. The van der Waals surface area contributed by atoms with Crippen molar-refractivity contribution in [3.05, 3.63) is 95.7 Å². The molecule has 1 aliphatic rings. The van der Waals surface area contributed by atoms with E-state index >= 15 is 0 Å². The van der Waals surface area contributed by atoms with E-state index in [4.69, 9.17) is 9.47 Å². The highest BCUT2D eigenvalue weighted by atomic mass is 16.5. The molecule has 6 nitrogen and oxygen atoms in total. The Hall–Kier alpha value is -4.19. The number of aromatic hydroxyl groups is 2. The van der Waals surface area contributed by atoms with E-state index in [1.165, 1.54) is 14.2 Å². The zero-order chi connectivity index (χ0) is 23.4. The second-order valence-corrected chi connectivity index (χ2v) is 7.66. The second-order valence-electron chi connectivity index (χ2n) is 7.66. The first kappa shape index (κ1) is 22.0. The van der Waals surface area contributed by atoms with Crippen LogP contribution in [-0.2, 0) is 4.79 Å². The SMILES string of the molecule is COc1cc(/C=C/C2=CC(=O)CC(c3ccc(O)c(OC)c3)N2c2ccccc2)ccc1O. The Balaban J connectivity index is 1.77. The Kier molecular flexibility index (Phi) is 6.36. The highest BCUT2D eigenvalue weighted by Crippen LogP contribution is 2.40. The number of benzene rings is 3. The molecule has 1 unspecified atom stereocenters. The predicted octanol–water partition coefficient (Wildman–Crippen LogP) is 5.23. The van der Waals surface area contributed by atoms with Gasteiger partial charge in [0.2, 0.25) is 0 Å². The van der Waals surface area contributed by atoms with E-state index in [-0.39, 0.29) is 29.7 Å². The molecule has 4 rings (SSSR count). The topological polar surface area (TPSA) is 79.2 Å². The van der Waals surface area contributed by atoms with E-state index in [2.05, 4.69) is 4.90 Å². The zero-order valence-corrected chi connectivity index (χ0v) is 18.4. The zero-order valence-electron chi connectivity index (χ0n) is 18.4. The summed E-state index contributed by atoms with van der Waals surface area (Å²) >= 11 is 0. The van der Waals surface area contributed by atoms with Crippen LogP contribution in [0.2, 0.25) is 0 Å². The molecule has 0 saturated heterocycles. The van der Waals surface area contributed by atoms with Crippen molar-refractivity contribution < 1.29 is 24.5 Å². The van der Waals surface area contributed by atoms with Gasteiger partial charge in [0.05, 0.1) is 20.3 Å². The molecule has 0 aliphatic carbocycles. The van der Waals surface area contributed by atoms with Crippen LogP contribution < -0.4 is 14.4 Å². The van der Waals surface area contributed by atoms with Gasteiger partial charge in [0.15, 0.2) is 28.8 Å². The first-order valence-corrected chi connectivity index (χ1v) is 10.5. The van der Waals surface area contributed by atoms with Crippen LogP contribution in [0, 0.1) is 0 Å². The van der Waals surface area contributed by atoms with E-state index < -0.39 is 0 Å². The number of anilines is 1. The summed E-state index contributed by atoms with van der Waals surface area (Å²) in [7, 11) is 3.00. The second kappa shape index (κ2) is 9.53. The molecule has 0 spiro atoms. The lowest BCUT2D eigenvalue weighted by atomic mass is 9.93. The van der Waals surface area contributed by atoms with Crippen LogP contribution in [-0.4, -0.2) is 30.2 Å². The van der Waals surface area contributed by atoms with Gasteiger partial charge < -0.3 is 24.6 Å². The summed E-state index contributed by atoms with van der Waals surface area (Å²) in [5.74, 6) is 0.846. The van der Waals surface area contributed by atoms with Gasteiger partial charge in [0.25, 0.3) is 0 Å². The highest BCUT2D eigenvalue weighted by molar-refractivity contribution is 5.94. The normalized spacial score (nSPS) is 16.1. The molecule has 0 bridgehead atoms. The fourth-order valence-corrected chi connectivity index (χ4v) is 3.95. The summed E-state index contributed by atoms with van der Waals surface area (Å²) < 4.78 is 10.5. The van der Waals surface area contributed by atoms with Gasteiger partial charge in [0, 0.05) is 23.9 Å². The van der Waals surface area contributed by atoms with E-state index in [9.17, 15) is 15.0 Å². The van der Waals surface area contributed by atoms with E-state index in [1.54, 1.807) is 36.4 Å². The summed E-state index contributed by atoms with van der Waals surface area (Å²) in [6, 6.07) is 19.8. The average Bonchev–Trinajstić information content (AvgIpc) is 2.84. The monoisotopic (exact) mass is 443 g/mol. The number of para-hydroxylation sites is 1. The molecule has 0 aromatic heterocycles. The average molecular weight is 443 g/mol. The number of rotatable bonds is 6. The van der Waals surface area contributed by atoms with Crippen LogP contribution >= 0.6 is 0 Å². The molecule has 1 heterocycles. The van der Waals surface area contributed by atoms with Crippen molar-refractivity contribution >= 4 is 17.5 Å². The molecule has 168 valence electrons. The van der Waals surface area contributed by atoms with Gasteiger partial charge in [-0.1, -0.05) is 36.4 Å². The van der Waals surface area contributed by atoms with Gasteiger partial charge in [-0.15, -0.1) is 0 Å². The van der Waals surface area contributed by atoms with Crippen molar-refractivity contribution in [3.63, 3.8) is 0 Å². The molecule has 33 heavy (non-hydrogen) atoms. The third-order valence-electron chi connectivity index (χ3n) is 5.57. The van der Waals surface area contributed by atoms with Crippen molar-refractivity contribution in [1.82, 2.24) is 0 Å². The van der Waals surface area contributed by atoms with E-state index in [0.717, 1.165) is 22.5 Å². The Morgan fingerprint density at radius 2 is 1.55 bits per heavy atom. The summed E-state index contributed by atoms with van der Waals surface area (Å²) in [6.07, 6.45) is 5.67. The lowest BCUT2D eigenvalue weighted by Gasteiger charge is -2.37. The van der Waals surface area contributed by atoms with Crippen LogP contribution in [0.25, 0.3) is 6.08 Å². The lowest BCUT2D eigenvalue weighted by Crippen LogP contribution is -2.33. The maximum absolute atomic E-state index is 12.7. The van der Waals surface area contributed by atoms with E-state index in [1.807, 2.05) is 48.6 Å². The van der Waals surface area contributed by atoms with Crippen LogP contribution in [0.1, 0.15) is 23.6 Å². The van der Waals surface area contributed by atoms with Crippen molar-refractivity contribution in [2.45, 2.75) is 12.5 Å². The van der Waals surface area contributed by atoms with Crippen LogP contribution in [0.4, 0.5) is 5.69 Å². The number of ketones is 1. The molecule has 3 aromatic rings. The number of carbonyl (C=O) groups excluding carboxylic acids is 1. The number of hydrogen-bond acceptors (Lipinski definition) is 6. The molecule has 0 fully saturated rings. The smallest absolute Gasteiger partial charge is 0.161 e. The summed E-state index contributed by atoms with van der Waals surface area (Å²) in [5.41, 5.74) is 3.33. The molecule has 3 aromatic carbocycles. The Labute approximate surface area is 192 Å². The Morgan fingerprint density at radius 1 is 0.879 bits per heavy atom. The number of methoxy groups -OCH3 is 2. The van der Waals surface area contributed by atoms with Crippen LogP contribution in [0.5, 0.6) is 23.0 Å². The number of phenolic OH excluding ortho intramolecular Hbond substituents is 2.